The fourth-order valence-electron chi connectivity index (χ4n) is 2.55. The van der Waals surface area contributed by atoms with E-state index in [-0.39, 0.29) is 0 Å². The van der Waals surface area contributed by atoms with E-state index in [0.29, 0.717) is 10.8 Å². The SMILES string of the molecule is CCC(C)(C)C(C)C(C)(C)CCCC(C)C. The molecule has 0 fully saturated rings. The summed E-state index contributed by atoms with van der Waals surface area (Å²) < 4.78 is 0. The fraction of sp³-hybridized carbons (Fsp3) is 1.00. The van der Waals surface area contributed by atoms with Crippen LogP contribution in [0.3, 0.4) is 0 Å². The van der Waals surface area contributed by atoms with Crippen molar-refractivity contribution >= 4 is 0 Å². The first-order chi connectivity index (χ1) is 7.13. The summed E-state index contributed by atoms with van der Waals surface area (Å²) in [6, 6.07) is 0. The third-order valence-corrected chi connectivity index (χ3v) is 4.86. The van der Waals surface area contributed by atoms with Crippen LogP contribution in [0.15, 0.2) is 0 Å². The lowest BCUT2D eigenvalue weighted by molar-refractivity contribution is 0.0740. The summed E-state index contributed by atoms with van der Waals surface area (Å²) >= 11 is 0. The summed E-state index contributed by atoms with van der Waals surface area (Å²) in [6.45, 7) is 19.2. The second-order valence-electron chi connectivity index (χ2n) is 7.34. The maximum absolute atomic E-state index is 2.45. The molecule has 0 heteroatoms. The van der Waals surface area contributed by atoms with E-state index in [4.69, 9.17) is 0 Å². The Morgan fingerprint density at radius 3 is 1.75 bits per heavy atom. The van der Waals surface area contributed by atoms with Gasteiger partial charge >= 0.3 is 0 Å². The second kappa shape index (κ2) is 6.07. The van der Waals surface area contributed by atoms with Crippen LogP contribution in [0, 0.1) is 22.7 Å². The summed E-state index contributed by atoms with van der Waals surface area (Å²) in [7, 11) is 0. The highest BCUT2D eigenvalue weighted by atomic mass is 14.4. The molecule has 0 radical (unpaired) electrons. The van der Waals surface area contributed by atoms with E-state index in [1.807, 2.05) is 0 Å². The van der Waals surface area contributed by atoms with Crippen molar-refractivity contribution in [1.82, 2.24) is 0 Å². The van der Waals surface area contributed by atoms with Gasteiger partial charge in [-0.2, -0.15) is 0 Å². The minimum Gasteiger partial charge on any atom is -0.0649 e. The minimum absolute atomic E-state index is 0.474. The zero-order valence-electron chi connectivity index (χ0n) is 13.0. The van der Waals surface area contributed by atoms with Gasteiger partial charge in [0.2, 0.25) is 0 Å². The monoisotopic (exact) mass is 226 g/mol. The van der Waals surface area contributed by atoms with E-state index < -0.39 is 0 Å². The highest BCUT2D eigenvalue weighted by molar-refractivity contribution is 4.85. The van der Waals surface area contributed by atoms with Gasteiger partial charge in [0, 0.05) is 0 Å². The molecule has 0 aromatic carbocycles. The molecule has 0 rings (SSSR count). The Balaban J connectivity index is 4.31. The van der Waals surface area contributed by atoms with Gasteiger partial charge in [-0.05, 0) is 29.1 Å². The first kappa shape index (κ1) is 16.0. The highest BCUT2D eigenvalue weighted by Gasteiger charge is 2.35. The van der Waals surface area contributed by atoms with Gasteiger partial charge < -0.3 is 0 Å². The predicted molar refractivity (Wildman–Crippen MR) is 75.7 cm³/mol. The molecule has 0 N–H and O–H groups in total. The molecule has 0 aliphatic carbocycles. The third-order valence-electron chi connectivity index (χ3n) is 4.86. The highest BCUT2D eigenvalue weighted by Crippen LogP contribution is 2.44. The van der Waals surface area contributed by atoms with Crippen LogP contribution in [0.2, 0.25) is 0 Å². The summed E-state index contributed by atoms with van der Waals surface area (Å²) in [5.41, 5.74) is 0.954. The zero-order chi connectivity index (χ0) is 13.0. The molecule has 98 valence electrons. The predicted octanol–water partition coefficient (Wildman–Crippen LogP) is 5.91. The average Bonchev–Trinajstić information content (AvgIpc) is 2.15. The molecule has 1 unspecified atom stereocenters. The van der Waals surface area contributed by atoms with Crippen LogP contribution in [0.5, 0.6) is 0 Å². The van der Waals surface area contributed by atoms with Crippen molar-refractivity contribution in [2.75, 3.05) is 0 Å². The van der Waals surface area contributed by atoms with Crippen LogP contribution in [0.4, 0.5) is 0 Å². The zero-order valence-corrected chi connectivity index (χ0v) is 13.0. The Morgan fingerprint density at radius 1 is 0.875 bits per heavy atom. The Bertz CT molecular complexity index is 186. The molecule has 1 atom stereocenters. The first-order valence-corrected chi connectivity index (χ1v) is 7.13. The van der Waals surface area contributed by atoms with E-state index >= 15 is 0 Å². The number of rotatable bonds is 7. The van der Waals surface area contributed by atoms with Gasteiger partial charge in [0.05, 0.1) is 0 Å². The van der Waals surface area contributed by atoms with Gasteiger partial charge in [-0.1, -0.05) is 74.7 Å². The minimum atomic E-state index is 0.474. The van der Waals surface area contributed by atoms with Crippen LogP contribution in [0.1, 0.15) is 81.1 Å². The van der Waals surface area contributed by atoms with Crippen molar-refractivity contribution in [2.45, 2.75) is 81.1 Å². The largest absolute Gasteiger partial charge is 0.0649 e. The molecular formula is C16H34. The van der Waals surface area contributed by atoms with E-state index in [1.54, 1.807) is 0 Å². The Morgan fingerprint density at radius 2 is 1.38 bits per heavy atom. The topological polar surface area (TPSA) is 0 Å². The molecule has 0 saturated heterocycles. The van der Waals surface area contributed by atoms with E-state index in [1.165, 1.54) is 25.7 Å². The number of hydrogen-bond donors (Lipinski definition) is 0. The van der Waals surface area contributed by atoms with E-state index in [9.17, 15) is 0 Å². The molecule has 0 aliphatic rings. The van der Waals surface area contributed by atoms with Gasteiger partial charge in [-0.3, -0.25) is 0 Å². The summed E-state index contributed by atoms with van der Waals surface area (Å²) in [5, 5.41) is 0. The van der Waals surface area contributed by atoms with Crippen molar-refractivity contribution < 1.29 is 0 Å². The molecule has 0 spiro atoms. The maximum atomic E-state index is 2.45. The Hall–Kier alpha value is 0. The van der Waals surface area contributed by atoms with Crippen molar-refractivity contribution in [2.24, 2.45) is 22.7 Å². The van der Waals surface area contributed by atoms with Crippen molar-refractivity contribution in [1.29, 1.82) is 0 Å². The average molecular weight is 226 g/mol. The summed E-state index contributed by atoms with van der Waals surface area (Å²) in [5.74, 6) is 1.64. The van der Waals surface area contributed by atoms with Gasteiger partial charge in [0.15, 0.2) is 0 Å². The maximum Gasteiger partial charge on any atom is -0.0323 e. The second-order valence-corrected chi connectivity index (χ2v) is 7.34. The van der Waals surface area contributed by atoms with Crippen molar-refractivity contribution in [3.63, 3.8) is 0 Å². The van der Waals surface area contributed by atoms with Crippen LogP contribution in [-0.4, -0.2) is 0 Å². The van der Waals surface area contributed by atoms with Crippen LogP contribution in [0.25, 0.3) is 0 Å². The Kier molecular flexibility index (Phi) is 6.07. The molecule has 16 heavy (non-hydrogen) atoms. The standard InChI is InChI=1S/C16H34/c1-9-15(5,6)14(4)16(7,8)12-10-11-13(2)3/h13-14H,9-12H2,1-8H3. The van der Waals surface area contributed by atoms with Gasteiger partial charge in [-0.25, -0.2) is 0 Å². The van der Waals surface area contributed by atoms with Gasteiger partial charge in [0.1, 0.15) is 0 Å². The van der Waals surface area contributed by atoms with E-state index in [2.05, 4.69) is 55.4 Å². The third kappa shape index (κ3) is 4.89. The fourth-order valence-corrected chi connectivity index (χ4v) is 2.55. The molecule has 0 aromatic heterocycles. The molecule has 0 aromatic rings. The summed E-state index contributed by atoms with van der Waals surface area (Å²) in [4.78, 5) is 0. The smallest absolute Gasteiger partial charge is 0.0323 e. The van der Waals surface area contributed by atoms with Crippen LogP contribution < -0.4 is 0 Å². The molecule has 0 amide bonds. The molecule has 0 bridgehead atoms. The number of hydrogen-bond acceptors (Lipinski definition) is 0. The summed E-state index contributed by atoms with van der Waals surface area (Å²) in [6.07, 6.45) is 5.41. The lowest BCUT2D eigenvalue weighted by Gasteiger charge is -2.42. The molecule has 0 heterocycles. The molecule has 0 nitrogen and oxygen atoms in total. The van der Waals surface area contributed by atoms with Crippen LogP contribution in [-0.2, 0) is 0 Å². The van der Waals surface area contributed by atoms with Gasteiger partial charge in [0.25, 0.3) is 0 Å². The molecular weight excluding hydrogens is 192 g/mol. The lowest BCUT2D eigenvalue weighted by Crippen LogP contribution is -2.33. The normalized spacial score (nSPS) is 15.6. The quantitative estimate of drug-likeness (QED) is 0.506. The van der Waals surface area contributed by atoms with Crippen molar-refractivity contribution in [3.05, 3.63) is 0 Å². The lowest BCUT2D eigenvalue weighted by atomic mass is 9.63. The molecule has 0 saturated carbocycles. The molecule has 0 aliphatic heterocycles. The Labute approximate surface area is 104 Å². The van der Waals surface area contributed by atoms with Gasteiger partial charge in [-0.15, -0.1) is 0 Å². The first-order valence-electron chi connectivity index (χ1n) is 7.13. The van der Waals surface area contributed by atoms with E-state index in [0.717, 1.165) is 11.8 Å². The van der Waals surface area contributed by atoms with Crippen molar-refractivity contribution in [3.8, 4) is 0 Å². The van der Waals surface area contributed by atoms with Crippen LogP contribution >= 0.6 is 0 Å².